The van der Waals surface area contributed by atoms with Crippen molar-refractivity contribution >= 4 is 27.5 Å². The fourth-order valence-electron chi connectivity index (χ4n) is 3.62. The average Bonchev–Trinajstić information content (AvgIpc) is 2.90. The number of benzene rings is 1. The second-order valence-electron chi connectivity index (χ2n) is 7.52. The van der Waals surface area contributed by atoms with E-state index in [9.17, 15) is 9.59 Å². The van der Waals surface area contributed by atoms with Crippen molar-refractivity contribution in [2.24, 2.45) is 0 Å². The molecule has 2 N–H and O–H groups in total. The van der Waals surface area contributed by atoms with Gasteiger partial charge in [-0.2, -0.15) is 0 Å². The lowest BCUT2D eigenvalue weighted by Gasteiger charge is -2.37. The molecule has 0 aliphatic carbocycles. The minimum atomic E-state index is -0.378. The van der Waals surface area contributed by atoms with Gasteiger partial charge in [0.2, 0.25) is 0 Å². The van der Waals surface area contributed by atoms with E-state index in [2.05, 4.69) is 15.3 Å². The van der Waals surface area contributed by atoms with Gasteiger partial charge in [-0.25, -0.2) is 4.98 Å². The molecule has 0 fully saturated rings. The maximum absolute atomic E-state index is 13.0. The van der Waals surface area contributed by atoms with E-state index in [1.807, 2.05) is 38.1 Å². The van der Waals surface area contributed by atoms with E-state index in [1.54, 1.807) is 13.8 Å². The van der Waals surface area contributed by atoms with Gasteiger partial charge in [0.15, 0.2) is 0 Å². The van der Waals surface area contributed by atoms with E-state index >= 15 is 0 Å². The number of para-hydroxylation sites is 1. The summed E-state index contributed by atoms with van der Waals surface area (Å²) in [6.45, 7) is 7.55. The number of aromatic nitrogens is 2. The van der Waals surface area contributed by atoms with Gasteiger partial charge in [0.1, 0.15) is 22.0 Å². The van der Waals surface area contributed by atoms with Crippen molar-refractivity contribution in [1.82, 2.24) is 15.3 Å². The minimum absolute atomic E-state index is 0.157. The Morgan fingerprint density at radius 1 is 1.33 bits per heavy atom. The molecule has 140 valence electrons. The summed E-state index contributed by atoms with van der Waals surface area (Å²) < 4.78 is 6.03. The van der Waals surface area contributed by atoms with Crippen molar-refractivity contribution in [2.45, 2.75) is 45.8 Å². The highest BCUT2D eigenvalue weighted by Gasteiger charge is 2.35. The molecule has 6 nitrogen and oxygen atoms in total. The van der Waals surface area contributed by atoms with Crippen LogP contribution in [-0.4, -0.2) is 21.5 Å². The molecule has 1 amide bonds. The van der Waals surface area contributed by atoms with Crippen molar-refractivity contribution < 1.29 is 9.53 Å². The molecule has 0 saturated carbocycles. The first-order chi connectivity index (χ1) is 12.7. The zero-order valence-corrected chi connectivity index (χ0v) is 16.5. The van der Waals surface area contributed by atoms with Crippen molar-refractivity contribution in [3.05, 3.63) is 56.4 Å². The smallest absolute Gasteiger partial charge is 0.262 e. The largest absolute Gasteiger partial charge is 0.487 e. The fourth-order valence-corrected chi connectivity index (χ4v) is 4.75. The van der Waals surface area contributed by atoms with Gasteiger partial charge in [0, 0.05) is 12.0 Å². The van der Waals surface area contributed by atoms with Crippen LogP contribution in [0.25, 0.3) is 10.2 Å². The number of hydrogen-bond acceptors (Lipinski definition) is 5. The molecule has 7 heteroatoms. The Balaban J connectivity index is 1.71. The standard InChI is InChI=1S/C20H21N3O3S/c1-10-15-17(24)21-11(2)22-19(15)27-16(10)18(25)23-13-9-20(3,4)26-14-8-6-5-7-12(13)14/h5-8,13H,9H2,1-4H3,(H,23,25)(H,21,22,24). The maximum atomic E-state index is 13.0. The summed E-state index contributed by atoms with van der Waals surface area (Å²) in [5.41, 5.74) is 1.05. The quantitative estimate of drug-likeness (QED) is 0.708. The normalized spacial score (nSPS) is 18.0. The number of carbonyl (C=O) groups excluding carboxylic acids is 1. The van der Waals surface area contributed by atoms with Crippen molar-refractivity contribution in [1.29, 1.82) is 0 Å². The maximum Gasteiger partial charge on any atom is 0.262 e. The van der Waals surface area contributed by atoms with Crippen LogP contribution in [0.15, 0.2) is 29.1 Å². The van der Waals surface area contributed by atoms with E-state index in [4.69, 9.17) is 4.74 Å². The van der Waals surface area contributed by atoms with Crippen LogP contribution >= 0.6 is 11.3 Å². The molecule has 0 spiro atoms. The van der Waals surface area contributed by atoms with Gasteiger partial charge in [0.25, 0.3) is 11.5 Å². The Hall–Kier alpha value is -2.67. The Labute approximate surface area is 160 Å². The molecular weight excluding hydrogens is 362 g/mol. The van der Waals surface area contributed by atoms with Gasteiger partial charge in [0.05, 0.1) is 16.3 Å². The second kappa shape index (κ2) is 6.20. The Bertz CT molecular complexity index is 1110. The summed E-state index contributed by atoms with van der Waals surface area (Å²) in [6, 6.07) is 7.61. The third kappa shape index (κ3) is 3.12. The number of fused-ring (bicyclic) bond motifs is 2. The minimum Gasteiger partial charge on any atom is -0.487 e. The fraction of sp³-hybridized carbons (Fsp3) is 0.350. The van der Waals surface area contributed by atoms with Crippen LogP contribution in [0.4, 0.5) is 0 Å². The summed E-state index contributed by atoms with van der Waals surface area (Å²) in [5.74, 6) is 1.15. The molecule has 1 unspecified atom stereocenters. The molecule has 27 heavy (non-hydrogen) atoms. The molecule has 1 aliphatic heterocycles. The second-order valence-corrected chi connectivity index (χ2v) is 8.52. The average molecular weight is 383 g/mol. The third-order valence-corrected chi connectivity index (χ3v) is 5.99. The van der Waals surface area contributed by atoms with Gasteiger partial charge in [-0.3, -0.25) is 9.59 Å². The number of nitrogens with zero attached hydrogens (tertiary/aromatic N) is 1. The monoisotopic (exact) mass is 383 g/mol. The highest BCUT2D eigenvalue weighted by Crippen LogP contribution is 2.39. The molecule has 1 atom stereocenters. The van der Waals surface area contributed by atoms with Gasteiger partial charge >= 0.3 is 0 Å². The molecule has 4 rings (SSSR count). The predicted octanol–water partition coefficient (Wildman–Crippen LogP) is 3.63. The van der Waals surface area contributed by atoms with Crippen molar-refractivity contribution in [2.75, 3.05) is 0 Å². The van der Waals surface area contributed by atoms with Gasteiger partial charge in [-0.05, 0) is 39.3 Å². The number of aromatic amines is 1. The summed E-state index contributed by atoms with van der Waals surface area (Å²) in [6.07, 6.45) is 0.664. The SMILES string of the molecule is Cc1nc2sc(C(=O)NC3CC(C)(C)Oc4ccccc43)c(C)c2c(=O)[nH]1. The Morgan fingerprint density at radius 2 is 2.07 bits per heavy atom. The molecule has 1 aliphatic rings. The summed E-state index contributed by atoms with van der Waals surface area (Å²) in [5, 5.41) is 3.62. The molecule has 3 aromatic rings. The number of carbonyl (C=O) groups is 1. The molecule has 3 heterocycles. The van der Waals surface area contributed by atoms with E-state index in [-0.39, 0.29) is 23.1 Å². The molecule has 0 saturated heterocycles. The lowest BCUT2D eigenvalue weighted by molar-refractivity contribution is 0.0621. The summed E-state index contributed by atoms with van der Waals surface area (Å²) >= 11 is 1.26. The predicted molar refractivity (Wildman–Crippen MR) is 106 cm³/mol. The highest BCUT2D eigenvalue weighted by atomic mass is 32.1. The first-order valence-corrected chi connectivity index (χ1v) is 9.65. The van der Waals surface area contributed by atoms with Gasteiger partial charge in [-0.15, -0.1) is 11.3 Å². The number of amides is 1. The van der Waals surface area contributed by atoms with E-state index in [0.29, 0.717) is 32.9 Å². The molecular formula is C20H21N3O3S. The highest BCUT2D eigenvalue weighted by molar-refractivity contribution is 7.20. The van der Waals surface area contributed by atoms with Crippen molar-refractivity contribution in [3.8, 4) is 5.75 Å². The van der Waals surface area contributed by atoms with Crippen LogP contribution in [0.5, 0.6) is 5.75 Å². The molecule has 0 radical (unpaired) electrons. The summed E-state index contributed by atoms with van der Waals surface area (Å²) in [4.78, 5) is 33.5. The number of thiophene rings is 1. The molecule has 0 bridgehead atoms. The lowest BCUT2D eigenvalue weighted by atomic mass is 9.89. The topological polar surface area (TPSA) is 84.1 Å². The molecule has 2 aromatic heterocycles. The summed E-state index contributed by atoms with van der Waals surface area (Å²) in [7, 11) is 0. The lowest BCUT2D eigenvalue weighted by Crippen LogP contribution is -2.41. The third-order valence-electron chi connectivity index (χ3n) is 4.81. The number of rotatable bonds is 2. The van der Waals surface area contributed by atoms with Crippen molar-refractivity contribution in [3.63, 3.8) is 0 Å². The molecule has 1 aromatic carbocycles. The number of hydrogen-bond donors (Lipinski definition) is 2. The van der Waals surface area contributed by atoms with Crippen LogP contribution in [0.2, 0.25) is 0 Å². The van der Waals surface area contributed by atoms with Gasteiger partial charge < -0.3 is 15.0 Å². The number of H-pyrrole nitrogens is 1. The number of ether oxygens (including phenoxy) is 1. The van der Waals surface area contributed by atoms with E-state index < -0.39 is 0 Å². The zero-order chi connectivity index (χ0) is 19.3. The van der Waals surface area contributed by atoms with Crippen LogP contribution in [0, 0.1) is 13.8 Å². The van der Waals surface area contributed by atoms with E-state index in [0.717, 1.165) is 11.3 Å². The van der Waals surface area contributed by atoms with E-state index in [1.165, 1.54) is 11.3 Å². The number of nitrogens with one attached hydrogen (secondary N) is 2. The Morgan fingerprint density at radius 3 is 2.85 bits per heavy atom. The first-order valence-electron chi connectivity index (χ1n) is 8.84. The van der Waals surface area contributed by atoms with Crippen LogP contribution in [0.3, 0.4) is 0 Å². The first kappa shape index (κ1) is 17.7. The van der Waals surface area contributed by atoms with Crippen LogP contribution < -0.4 is 15.6 Å². The Kier molecular flexibility index (Phi) is 4.07. The van der Waals surface area contributed by atoms with Gasteiger partial charge in [-0.1, -0.05) is 18.2 Å². The van der Waals surface area contributed by atoms with Crippen LogP contribution in [0.1, 0.15) is 52.9 Å². The number of aryl methyl sites for hydroxylation is 2. The zero-order valence-electron chi connectivity index (χ0n) is 15.7. The van der Waals surface area contributed by atoms with Crippen LogP contribution in [-0.2, 0) is 0 Å².